The summed E-state index contributed by atoms with van der Waals surface area (Å²) in [5.41, 5.74) is 6.60. The highest BCUT2D eigenvalue weighted by molar-refractivity contribution is 7.99. The summed E-state index contributed by atoms with van der Waals surface area (Å²) in [7, 11) is 0. The Hall–Kier alpha value is -1.51. The van der Waals surface area contributed by atoms with Crippen LogP contribution in [-0.2, 0) is 4.79 Å². The van der Waals surface area contributed by atoms with Gasteiger partial charge in [-0.25, -0.2) is 0 Å². The van der Waals surface area contributed by atoms with E-state index in [-0.39, 0.29) is 5.91 Å². The molecule has 1 aromatic carbocycles. The van der Waals surface area contributed by atoms with E-state index in [1.54, 1.807) is 24.3 Å². The predicted molar refractivity (Wildman–Crippen MR) is 66.2 cm³/mol. The van der Waals surface area contributed by atoms with E-state index >= 15 is 0 Å². The van der Waals surface area contributed by atoms with Gasteiger partial charge in [0.05, 0.1) is 17.4 Å². The van der Waals surface area contributed by atoms with Gasteiger partial charge in [-0.3, -0.25) is 4.79 Å². The van der Waals surface area contributed by atoms with Gasteiger partial charge in [-0.1, -0.05) is 0 Å². The van der Waals surface area contributed by atoms with Crippen molar-refractivity contribution in [2.24, 2.45) is 5.73 Å². The van der Waals surface area contributed by atoms with Crippen molar-refractivity contribution < 1.29 is 4.79 Å². The Morgan fingerprint density at radius 3 is 2.69 bits per heavy atom. The summed E-state index contributed by atoms with van der Waals surface area (Å²) in [4.78, 5) is 11.4. The summed E-state index contributed by atoms with van der Waals surface area (Å²) >= 11 is 1.50. The van der Waals surface area contributed by atoms with Crippen LogP contribution >= 0.6 is 11.8 Å². The number of nitrogens with one attached hydrogen (secondary N) is 1. The molecule has 0 aromatic heterocycles. The number of thioether (sulfide) groups is 1. The molecule has 84 valence electrons. The van der Waals surface area contributed by atoms with Gasteiger partial charge in [0.2, 0.25) is 5.91 Å². The Kier molecular flexibility index (Phi) is 5.40. The van der Waals surface area contributed by atoms with Gasteiger partial charge in [0, 0.05) is 18.0 Å². The van der Waals surface area contributed by atoms with Crippen molar-refractivity contribution >= 4 is 23.4 Å². The van der Waals surface area contributed by atoms with Gasteiger partial charge in [0.25, 0.3) is 0 Å². The van der Waals surface area contributed by atoms with E-state index in [2.05, 4.69) is 5.32 Å². The Morgan fingerprint density at radius 2 is 2.12 bits per heavy atom. The number of nitrogens with two attached hydrogens (primary N) is 1. The summed E-state index contributed by atoms with van der Waals surface area (Å²) < 4.78 is 0. The molecule has 0 radical (unpaired) electrons. The highest BCUT2D eigenvalue weighted by Crippen LogP contribution is 2.09. The van der Waals surface area contributed by atoms with Crippen LogP contribution in [0.4, 0.5) is 5.69 Å². The lowest BCUT2D eigenvalue weighted by Crippen LogP contribution is -2.15. The van der Waals surface area contributed by atoms with E-state index < -0.39 is 0 Å². The molecule has 1 aromatic rings. The second kappa shape index (κ2) is 6.88. The second-order valence-electron chi connectivity index (χ2n) is 3.08. The highest BCUT2D eigenvalue weighted by atomic mass is 32.2. The topological polar surface area (TPSA) is 78.9 Å². The summed E-state index contributed by atoms with van der Waals surface area (Å²) in [5, 5.41) is 11.3. The molecular weight excluding hydrogens is 222 g/mol. The largest absolute Gasteiger partial charge is 0.330 e. The fourth-order valence-corrected chi connectivity index (χ4v) is 1.64. The van der Waals surface area contributed by atoms with Gasteiger partial charge < -0.3 is 11.1 Å². The quantitative estimate of drug-likeness (QED) is 0.751. The van der Waals surface area contributed by atoms with Gasteiger partial charge in [0.15, 0.2) is 0 Å². The molecular formula is C11H13N3OS. The molecule has 0 atom stereocenters. The van der Waals surface area contributed by atoms with Gasteiger partial charge in [-0.2, -0.15) is 17.0 Å². The van der Waals surface area contributed by atoms with Crippen molar-refractivity contribution in [1.29, 1.82) is 5.26 Å². The number of carbonyl (C=O) groups excluding carboxylic acids is 1. The third-order valence-corrected chi connectivity index (χ3v) is 2.78. The number of anilines is 1. The van der Waals surface area contributed by atoms with E-state index in [0.717, 1.165) is 5.75 Å². The maximum Gasteiger partial charge on any atom is 0.234 e. The molecule has 1 amide bonds. The molecule has 0 saturated heterocycles. The number of nitrogens with zero attached hydrogens (tertiary/aromatic N) is 1. The second-order valence-corrected chi connectivity index (χ2v) is 4.18. The first-order chi connectivity index (χ1) is 7.76. The summed E-state index contributed by atoms with van der Waals surface area (Å²) in [5.74, 6) is 1.13. The van der Waals surface area contributed by atoms with Crippen LogP contribution in [0.1, 0.15) is 5.56 Å². The van der Waals surface area contributed by atoms with Crippen LogP contribution in [0.2, 0.25) is 0 Å². The van der Waals surface area contributed by atoms with Crippen LogP contribution in [0.25, 0.3) is 0 Å². The van der Waals surface area contributed by atoms with Crippen LogP contribution in [-0.4, -0.2) is 24.0 Å². The number of rotatable bonds is 5. The van der Waals surface area contributed by atoms with Crippen molar-refractivity contribution in [2.75, 3.05) is 23.4 Å². The van der Waals surface area contributed by atoms with Crippen LogP contribution < -0.4 is 11.1 Å². The van der Waals surface area contributed by atoms with E-state index in [1.165, 1.54) is 11.8 Å². The standard InChI is InChI=1S/C11H13N3OS/c12-5-6-16-8-11(15)14-10-3-1-9(7-13)2-4-10/h1-4H,5-6,8,12H2,(H,14,15). The SMILES string of the molecule is N#Cc1ccc(NC(=O)CSCCN)cc1. The number of hydrogen-bond acceptors (Lipinski definition) is 4. The van der Waals surface area contributed by atoms with Crippen molar-refractivity contribution in [3.8, 4) is 6.07 Å². The average molecular weight is 235 g/mol. The first kappa shape index (κ1) is 12.6. The Morgan fingerprint density at radius 1 is 1.44 bits per heavy atom. The lowest BCUT2D eigenvalue weighted by Gasteiger charge is -2.04. The van der Waals surface area contributed by atoms with Crippen LogP contribution in [0, 0.1) is 11.3 Å². The monoisotopic (exact) mass is 235 g/mol. The minimum atomic E-state index is -0.0526. The summed E-state index contributed by atoms with van der Waals surface area (Å²) in [6, 6.07) is 8.78. The molecule has 0 bridgehead atoms. The Balaban J connectivity index is 2.41. The highest BCUT2D eigenvalue weighted by Gasteiger charge is 2.01. The normalized spacial score (nSPS) is 9.50. The minimum absolute atomic E-state index is 0.0526. The number of amides is 1. The van der Waals surface area contributed by atoms with Crippen molar-refractivity contribution in [3.63, 3.8) is 0 Å². The number of benzene rings is 1. The molecule has 0 aliphatic carbocycles. The zero-order valence-corrected chi connectivity index (χ0v) is 9.59. The minimum Gasteiger partial charge on any atom is -0.330 e. The molecule has 5 heteroatoms. The molecule has 0 aliphatic heterocycles. The average Bonchev–Trinajstić information content (AvgIpc) is 2.30. The predicted octanol–water partition coefficient (Wildman–Crippen LogP) is 1.19. The first-order valence-corrected chi connectivity index (χ1v) is 5.99. The number of hydrogen-bond donors (Lipinski definition) is 2. The molecule has 0 saturated carbocycles. The van der Waals surface area contributed by atoms with Crippen molar-refractivity contribution in [1.82, 2.24) is 0 Å². The van der Waals surface area contributed by atoms with Crippen molar-refractivity contribution in [2.45, 2.75) is 0 Å². The fourth-order valence-electron chi connectivity index (χ4n) is 1.07. The Labute approximate surface area is 98.8 Å². The van der Waals surface area contributed by atoms with Crippen molar-refractivity contribution in [3.05, 3.63) is 29.8 Å². The fraction of sp³-hybridized carbons (Fsp3) is 0.273. The summed E-state index contributed by atoms with van der Waals surface area (Å²) in [6.07, 6.45) is 0. The maximum atomic E-state index is 11.4. The van der Waals surface area contributed by atoms with Gasteiger partial charge in [-0.15, -0.1) is 0 Å². The lowest BCUT2D eigenvalue weighted by atomic mass is 10.2. The van der Waals surface area contributed by atoms with E-state index in [0.29, 0.717) is 23.5 Å². The molecule has 0 unspecified atom stereocenters. The summed E-state index contributed by atoms with van der Waals surface area (Å²) in [6.45, 7) is 0.578. The van der Waals surface area contributed by atoms with Crippen LogP contribution in [0.3, 0.4) is 0 Å². The molecule has 4 nitrogen and oxygen atoms in total. The molecule has 0 aliphatic rings. The number of nitriles is 1. The smallest absolute Gasteiger partial charge is 0.234 e. The zero-order valence-electron chi connectivity index (χ0n) is 8.77. The third-order valence-electron chi connectivity index (χ3n) is 1.79. The molecule has 3 N–H and O–H groups in total. The molecule has 0 fully saturated rings. The zero-order chi connectivity index (χ0) is 11.8. The molecule has 0 heterocycles. The number of carbonyl (C=O) groups is 1. The molecule has 1 rings (SSSR count). The third kappa shape index (κ3) is 4.34. The first-order valence-electron chi connectivity index (χ1n) is 4.84. The Bertz CT molecular complexity index is 383. The lowest BCUT2D eigenvalue weighted by molar-refractivity contribution is -0.113. The van der Waals surface area contributed by atoms with Crippen LogP contribution in [0.15, 0.2) is 24.3 Å². The van der Waals surface area contributed by atoms with Gasteiger partial charge in [0.1, 0.15) is 0 Å². The van der Waals surface area contributed by atoms with E-state index in [1.807, 2.05) is 6.07 Å². The van der Waals surface area contributed by atoms with E-state index in [4.69, 9.17) is 11.0 Å². The molecule has 16 heavy (non-hydrogen) atoms. The van der Waals surface area contributed by atoms with Gasteiger partial charge >= 0.3 is 0 Å². The van der Waals surface area contributed by atoms with Crippen LogP contribution in [0.5, 0.6) is 0 Å². The van der Waals surface area contributed by atoms with Gasteiger partial charge in [-0.05, 0) is 24.3 Å². The van der Waals surface area contributed by atoms with E-state index in [9.17, 15) is 4.79 Å². The maximum absolute atomic E-state index is 11.4. The molecule has 0 spiro atoms.